The van der Waals surface area contributed by atoms with Crippen molar-refractivity contribution in [3.05, 3.63) is 29.0 Å². The van der Waals surface area contributed by atoms with Crippen molar-refractivity contribution >= 4 is 29.1 Å². The van der Waals surface area contributed by atoms with E-state index in [9.17, 15) is 4.79 Å². The van der Waals surface area contributed by atoms with Crippen LogP contribution in [0.15, 0.2) is 18.3 Å². The molecule has 0 bridgehead atoms. The molecule has 0 spiro atoms. The fraction of sp³-hybridized carbons (Fsp3) is 0.500. The smallest absolute Gasteiger partial charge is 0.270 e. The van der Waals surface area contributed by atoms with E-state index in [0.29, 0.717) is 16.6 Å². The van der Waals surface area contributed by atoms with Crippen molar-refractivity contribution in [1.82, 2.24) is 10.3 Å². The quantitative estimate of drug-likeness (QED) is 0.838. The Morgan fingerprint density at radius 3 is 2.47 bits per heavy atom. The number of halogens is 2. The molecule has 0 saturated heterocycles. The molecule has 1 aromatic heterocycles. The maximum absolute atomic E-state index is 12.0. The predicted molar refractivity (Wildman–Crippen MR) is 70.7 cm³/mol. The molecule has 1 heterocycles. The van der Waals surface area contributed by atoms with E-state index in [4.69, 9.17) is 23.2 Å². The number of hydrogen-bond donors (Lipinski definition) is 1. The van der Waals surface area contributed by atoms with Crippen molar-refractivity contribution in [3.8, 4) is 0 Å². The molecular formula is C12H16Cl2N2O. The first-order valence-corrected chi connectivity index (χ1v) is 6.48. The van der Waals surface area contributed by atoms with Crippen LogP contribution in [-0.4, -0.2) is 22.3 Å². The van der Waals surface area contributed by atoms with E-state index in [1.165, 1.54) is 6.20 Å². The second-order valence-corrected chi connectivity index (χ2v) is 4.64. The van der Waals surface area contributed by atoms with Gasteiger partial charge < -0.3 is 5.32 Å². The number of pyridine rings is 1. The van der Waals surface area contributed by atoms with E-state index < -0.39 is 0 Å². The van der Waals surface area contributed by atoms with E-state index in [0.717, 1.165) is 12.8 Å². The standard InChI is InChI=1S/C12H16Cl2N2O/c1-3-12(4-2,8-13)16-11(17)10-6-5-9(14)7-15-10/h5-7H,3-4,8H2,1-2H3,(H,16,17). The molecule has 0 aliphatic carbocycles. The largest absolute Gasteiger partial charge is 0.344 e. The minimum atomic E-state index is -0.361. The van der Waals surface area contributed by atoms with Crippen LogP contribution in [-0.2, 0) is 0 Å². The molecule has 0 aliphatic rings. The summed E-state index contributed by atoms with van der Waals surface area (Å²) in [6.07, 6.45) is 3.02. The van der Waals surface area contributed by atoms with Gasteiger partial charge in [0.2, 0.25) is 0 Å². The van der Waals surface area contributed by atoms with Gasteiger partial charge >= 0.3 is 0 Å². The molecule has 1 amide bonds. The zero-order chi connectivity index (χ0) is 12.9. The van der Waals surface area contributed by atoms with Gasteiger partial charge in [-0.05, 0) is 25.0 Å². The molecule has 0 aliphatic heterocycles. The Bertz CT molecular complexity index is 366. The second-order valence-electron chi connectivity index (χ2n) is 3.94. The van der Waals surface area contributed by atoms with Crippen molar-refractivity contribution < 1.29 is 4.79 Å². The van der Waals surface area contributed by atoms with Crippen LogP contribution in [0.25, 0.3) is 0 Å². The van der Waals surface area contributed by atoms with Crippen molar-refractivity contribution in [2.24, 2.45) is 0 Å². The number of carbonyl (C=O) groups is 1. The first-order valence-electron chi connectivity index (χ1n) is 5.57. The van der Waals surface area contributed by atoms with Crippen molar-refractivity contribution in [2.45, 2.75) is 32.2 Å². The number of carbonyl (C=O) groups excluding carboxylic acids is 1. The van der Waals surface area contributed by atoms with Gasteiger partial charge in [-0.2, -0.15) is 0 Å². The molecular weight excluding hydrogens is 259 g/mol. The summed E-state index contributed by atoms with van der Waals surface area (Å²) in [5.41, 5.74) is -0.00857. The van der Waals surface area contributed by atoms with Gasteiger partial charge in [0.05, 0.1) is 10.6 Å². The minimum Gasteiger partial charge on any atom is -0.344 e. The van der Waals surface area contributed by atoms with Crippen LogP contribution in [0.2, 0.25) is 5.02 Å². The molecule has 0 fully saturated rings. The molecule has 3 nitrogen and oxygen atoms in total. The first-order chi connectivity index (χ1) is 8.06. The Labute approximate surface area is 112 Å². The summed E-state index contributed by atoms with van der Waals surface area (Å²) in [5, 5.41) is 3.45. The third-order valence-corrected chi connectivity index (χ3v) is 3.68. The third-order valence-electron chi connectivity index (χ3n) is 2.95. The number of rotatable bonds is 5. The Morgan fingerprint density at radius 1 is 1.41 bits per heavy atom. The molecule has 94 valence electrons. The Balaban J connectivity index is 2.81. The monoisotopic (exact) mass is 274 g/mol. The fourth-order valence-electron chi connectivity index (χ4n) is 1.46. The SMILES string of the molecule is CCC(CC)(CCl)NC(=O)c1ccc(Cl)cn1. The molecule has 1 aromatic rings. The van der Waals surface area contributed by atoms with E-state index in [-0.39, 0.29) is 11.4 Å². The molecule has 0 saturated carbocycles. The zero-order valence-electron chi connectivity index (χ0n) is 9.96. The zero-order valence-corrected chi connectivity index (χ0v) is 11.5. The first kappa shape index (κ1) is 14.3. The van der Waals surface area contributed by atoms with Crippen molar-refractivity contribution in [1.29, 1.82) is 0 Å². The van der Waals surface area contributed by atoms with Crippen molar-refractivity contribution in [2.75, 3.05) is 5.88 Å². The van der Waals surface area contributed by atoms with Crippen LogP contribution in [0, 0.1) is 0 Å². The van der Waals surface area contributed by atoms with Crippen LogP contribution in [0.3, 0.4) is 0 Å². The third kappa shape index (κ3) is 3.58. The lowest BCUT2D eigenvalue weighted by molar-refractivity contribution is 0.0897. The average Bonchev–Trinajstić information content (AvgIpc) is 2.37. The van der Waals surface area contributed by atoms with Crippen LogP contribution in [0.1, 0.15) is 37.2 Å². The Hall–Kier alpha value is -0.800. The molecule has 17 heavy (non-hydrogen) atoms. The number of amides is 1. The molecule has 0 aromatic carbocycles. The number of aromatic nitrogens is 1. The van der Waals surface area contributed by atoms with Gasteiger partial charge in [-0.1, -0.05) is 25.4 Å². The lowest BCUT2D eigenvalue weighted by Crippen LogP contribution is -2.49. The second kappa shape index (κ2) is 6.22. The van der Waals surface area contributed by atoms with Crippen LogP contribution in [0.5, 0.6) is 0 Å². The van der Waals surface area contributed by atoms with Crippen LogP contribution in [0.4, 0.5) is 0 Å². The summed E-state index contributed by atoms with van der Waals surface area (Å²) < 4.78 is 0. The summed E-state index contributed by atoms with van der Waals surface area (Å²) in [5.74, 6) is 0.172. The molecule has 1 N–H and O–H groups in total. The molecule has 0 atom stereocenters. The summed E-state index contributed by atoms with van der Waals surface area (Å²) in [6, 6.07) is 3.24. The van der Waals surface area contributed by atoms with Gasteiger partial charge in [-0.25, -0.2) is 4.98 Å². The average molecular weight is 275 g/mol. The van der Waals surface area contributed by atoms with Gasteiger partial charge in [0.25, 0.3) is 5.91 Å². The van der Waals surface area contributed by atoms with Gasteiger partial charge in [0.1, 0.15) is 5.69 Å². The highest BCUT2D eigenvalue weighted by Crippen LogP contribution is 2.18. The van der Waals surface area contributed by atoms with Gasteiger partial charge in [0.15, 0.2) is 0 Å². The maximum Gasteiger partial charge on any atom is 0.270 e. The highest BCUT2D eigenvalue weighted by atomic mass is 35.5. The lowest BCUT2D eigenvalue weighted by atomic mass is 9.95. The maximum atomic E-state index is 12.0. The lowest BCUT2D eigenvalue weighted by Gasteiger charge is -2.30. The summed E-state index contributed by atoms with van der Waals surface area (Å²) in [6.45, 7) is 4.00. The number of nitrogens with one attached hydrogen (secondary N) is 1. The minimum absolute atomic E-state index is 0.217. The molecule has 1 rings (SSSR count). The molecule has 5 heteroatoms. The van der Waals surface area contributed by atoms with Gasteiger partial charge in [-0.3, -0.25) is 4.79 Å². The predicted octanol–water partition coefficient (Wildman–Crippen LogP) is 3.26. The van der Waals surface area contributed by atoms with Gasteiger partial charge in [-0.15, -0.1) is 11.6 Å². The van der Waals surface area contributed by atoms with Crippen LogP contribution < -0.4 is 5.32 Å². The van der Waals surface area contributed by atoms with Crippen LogP contribution >= 0.6 is 23.2 Å². The number of alkyl halides is 1. The van der Waals surface area contributed by atoms with Crippen molar-refractivity contribution in [3.63, 3.8) is 0 Å². The van der Waals surface area contributed by atoms with E-state index in [2.05, 4.69) is 10.3 Å². The summed E-state index contributed by atoms with van der Waals surface area (Å²) in [7, 11) is 0. The normalized spacial score (nSPS) is 11.3. The number of nitrogens with zero attached hydrogens (tertiary/aromatic N) is 1. The fourth-order valence-corrected chi connectivity index (χ4v) is 2.02. The highest BCUT2D eigenvalue weighted by molar-refractivity contribution is 6.30. The van der Waals surface area contributed by atoms with E-state index in [1.807, 2.05) is 13.8 Å². The van der Waals surface area contributed by atoms with E-state index >= 15 is 0 Å². The molecule has 0 unspecified atom stereocenters. The molecule has 0 radical (unpaired) electrons. The summed E-state index contributed by atoms with van der Waals surface area (Å²) in [4.78, 5) is 16.0. The summed E-state index contributed by atoms with van der Waals surface area (Å²) >= 11 is 11.6. The Morgan fingerprint density at radius 2 is 2.06 bits per heavy atom. The van der Waals surface area contributed by atoms with E-state index in [1.54, 1.807) is 12.1 Å². The number of hydrogen-bond acceptors (Lipinski definition) is 2. The highest BCUT2D eigenvalue weighted by Gasteiger charge is 2.27. The topological polar surface area (TPSA) is 42.0 Å². The Kier molecular flexibility index (Phi) is 5.22. The van der Waals surface area contributed by atoms with Gasteiger partial charge in [0, 0.05) is 12.1 Å².